The molecule has 0 saturated heterocycles. The molecule has 2 rings (SSSR count). The minimum absolute atomic E-state index is 0.259. The Morgan fingerprint density at radius 3 is 2.85 bits per heavy atom. The second-order valence-electron chi connectivity index (χ2n) is 4.71. The number of pyridine rings is 1. The third-order valence-corrected chi connectivity index (χ3v) is 3.30. The van der Waals surface area contributed by atoms with Crippen molar-refractivity contribution >= 4 is 16.7 Å². The van der Waals surface area contributed by atoms with Crippen molar-refractivity contribution in [1.82, 2.24) is 9.88 Å². The Morgan fingerprint density at radius 2 is 2.10 bits per heavy atom. The zero-order valence-corrected chi connectivity index (χ0v) is 11.7. The topological polar surface area (TPSA) is 74.7 Å². The van der Waals surface area contributed by atoms with E-state index >= 15 is 0 Å². The van der Waals surface area contributed by atoms with E-state index in [1.54, 1.807) is 0 Å². The highest BCUT2D eigenvalue weighted by Gasteiger charge is 2.06. The number of para-hydroxylation sites is 1. The Balaban J connectivity index is 2.05. The first kappa shape index (κ1) is 14.3. The van der Waals surface area contributed by atoms with E-state index < -0.39 is 0 Å². The summed E-state index contributed by atoms with van der Waals surface area (Å²) in [5, 5.41) is 12.7. The highest BCUT2D eigenvalue weighted by atomic mass is 16.4. The van der Waals surface area contributed by atoms with Crippen LogP contribution >= 0.6 is 0 Å². The molecule has 0 spiro atoms. The van der Waals surface area contributed by atoms with Gasteiger partial charge in [0, 0.05) is 24.9 Å². The van der Waals surface area contributed by atoms with Crippen molar-refractivity contribution < 1.29 is 5.21 Å². The summed E-state index contributed by atoms with van der Waals surface area (Å²) < 4.78 is 0. The van der Waals surface area contributed by atoms with Crippen LogP contribution in [0.15, 0.2) is 41.6 Å². The van der Waals surface area contributed by atoms with E-state index in [0.717, 1.165) is 36.2 Å². The number of benzene rings is 1. The molecule has 106 valence electrons. The highest BCUT2D eigenvalue weighted by molar-refractivity contribution is 5.79. The number of nitrogens with zero attached hydrogens (tertiary/aromatic N) is 3. The van der Waals surface area contributed by atoms with Gasteiger partial charge in [-0.3, -0.25) is 9.88 Å². The number of hydrogen-bond acceptors (Lipinski definition) is 4. The molecule has 5 heteroatoms. The largest absolute Gasteiger partial charge is 0.409 e. The molecule has 3 N–H and O–H groups in total. The molecular formula is C15H20N4O. The lowest BCUT2D eigenvalue weighted by Gasteiger charge is -2.19. The molecule has 20 heavy (non-hydrogen) atoms. The summed E-state index contributed by atoms with van der Waals surface area (Å²) in [5.74, 6) is 0.259. The Hall–Kier alpha value is -2.14. The molecule has 0 unspecified atom stereocenters. The van der Waals surface area contributed by atoms with Gasteiger partial charge in [-0.05, 0) is 18.7 Å². The van der Waals surface area contributed by atoms with Crippen molar-refractivity contribution in [2.45, 2.75) is 19.9 Å². The van der Waals surface area contributed by atoms with E-state index in [-0.39, 0.29) is 5.84 Å². The Morgan fingerprint density at radius 1 is 1.30 bits per heavy atom. The van der Waals surface area contributed by atoms with Gasteiger partial charge in [-0.2, -0.15) is 0 Å². The van der Waals surface area contributed by atoms with Crippen molar-refractivity contribution in [3.63, 3.8) is 0 Å². The summed E-state index contributed by atoms with van der Waals surface area (Å²) in [6.45, 7) is 4.50. The van der Waals surface area contributed by atoms with Gasteiger partial charge in [-0.15, -0.1) is 0 Å². The maximum absolute atomic E-state index is 8.56. The van der Waals surface area contributed by atoms with E-state index in [4.69, 9.17) is 10.9 Å². The average molecular weight is 272 g/mol. The van der Waals surface area contributed by atoms with E-state index in [2.05, 4.69) is 40.2 Å². The minimum Gasteiger partial charge on any atom is -0.409 e. The Labute approximate surface area is 118 Å². The molecule has 0 amide bonds. The Kier molecular flexibility index (Phi) is 4.90. The van der Waals surface area contributed by atoms with Gasteiger partial charge < -0.3 is 10.9 Å². The summed E-state index contributed by atoms with van der Waals surface area (Å²) in [7, 11) is 0. The molecule has 0 aliphatic rings. The lowest BCUT2D eigenvalue weighted by molar-refractivity contribution is 0.280. The first-order valence-corrected chi connectivity index (χ1v) is 6.76. The molecule has 2 aromatic rings. The summed E-state index contributed by atoms with van der Waals surface area (Å²) in [5.41, 5.74) is 7.55. The molecule has 0 aliphatic heterocycles. The van der Waals surface area contributed by atoms with Gasteiger partial charge in [0.15, 0.2) is 0 Å². The van der Waals surface area contributed by atoms with Crippen LogP contribution in [0.2, 0.25) is 0 Å². The minimum atomic E-state index is 0.259. The van der Waals surface area contributed by atoms with Crippen LogP contribution in [0.3, 0.4) is 0 Å². The summed E-state index contributed by atoms with van der Waals surface area (Å²) >= 11 is 0. The van der Waals surface area contributed by atoms with Crippen LogP contribution in [-0.4, -0.2) is 34.0 Å². The number of fused-ring (bicyclic) bond motifs is 1. The summed E-state index contributed by atoms with van der Waals surface area (Å²) in [6, 6.07) is 12.2. The Bertz CT molecular complexity index is 597. The van der Waals surface area contributed by atoms with Gasteiger partial charge in [0.25, 0.3) is 0 Å². The molecule has 0 bridgehead atoms. The van der Waals surface area contributed by atoms with Crippen LogP contribution in [0.25, 0.3) is 10.9 Å². The SMILES string of the molecule is CCN(CCC(N)=NO)Cc1ccc2ccccc2n1. The standard InChI is InChI=1S/C15H20N4O/c1-2-19(10-9-15(16)18-20)11-13-8-7-12-5-3-4-6-14(12)17-13/h3-8,20H,2,9-11H2,1H3,(H2,16,18). The molecule has 1 heterocycles. The third-order valence-electron chi connectivity index (χ3n) is 3.30. The van der Waals surface area contributed by atoms with Crippen molar-refractivity contribution in [3.8, 4) is 0 Å². The van der Waals surface area contributed by atoms with Gasteiger partial charge in [0.2, 0.25) is 0 Å². The van der Waals surface area contributed by atoms with Gasteiger partial charge in [-0.1, -0.05) is 36.3 Å². The first-order chi connectivity index (χ1) is 9.72. The van der Waals surface area contributed by atoms with Crippen LogP contribution in [0.5, 0.6) is 0 Å². The summed E-state index contributed by atoms with van der Waals surface area (Å²) in [6.07, 6.45) is 0.553. The van der Waals surface area contributed by atoms with Crippen molar-refractivity contribution in [2.24, 2.45) is 10.9 Å². The third kappa shape index (κ3) is 3.68. The predicted octanol–water partition coefficient (Wildman–Crippen LogP) is 2.19. The number of oxime groups is 1. The van der Waals surface area contributed by atoms with E-state index in [9.17, 15) is 0 Å². The van der Waals surface area contributed by atoms with Crippen LogP contribution in [0.4, 0.5) is 0 Å². The number of nitrogens with two attached hydrogens (primary N) is 1. The maximum atomic E-state index is 8.56. The quantitative estimate of drug-likeness (QED) is 0.366. The lowest BCUT2D eigenvalue weighted by Crippen LogP contribution is -2.28. The van der Waals surface area contributed by atoms with Crippen LogP contribution in [-0.2, 0) is 6.54 Å². The van der Waals surface area contributed by atoms with Gasteiger partial charge in [0.05, 0.1) is 11.2 Å². The fraction of sp³-hybridized carbons (Fsp3) is 0.333. The van der Waals surface area contributed by atoms with Crippen LogP contribution in [0.1, 0.15) is 19.0 Å². The number of rotatable bonds is 6. The van der Waals surface area contributed by atoms with Crippen molar-refractivity contribution in [3.05, 3.63) is 42.1 Å². The fourth-order valence-electron chi connectivity index (χ4n) is 2.10. The highest BCUT2D eigenvalue weighted by Crippen LogP contribution is 2.13. The van der Waals surface area contributed by atoms with E-state index in [1.807, 2.05) is 18.2 Å². The number of amidine groups is 1. The molecular weight excluding hydrogens is 252 g/mol. The predicted molar refractivity (Wildman–Crippen MR) is 80.7 cm³/mol. The number of hydrogen-bond donors (Lipinski definition) is 2. The molecule has 0 aliphatic carbocycles. The molecule has 1 aromatic carbocycles. The zero-order chi connectivity index (χ0) is 14.4. The zero-order valence-electron chi connectivity index (χ0n) is 11.7. The maximum Gasteiger partial charge on any atom is 0.140 e. The first-order valence-electron chi connectivity index (χ1n) is 6.76. The van der Waals surface area contributed by atoms with Crippen molar-refractivity contribution in [1.29, 1.82) is 0 Å². The van der Waals surface area contributed by atoms with E-state index in [1.165, 1.54) is 0 Å². The van der Waals surface area contributed by atoms with Crippen LogP contribution in [0, 0.1) is 0 Å². The molecule has 1 aromatic heterocycles. The normalized spacial score (nSPS) is 12.2. The number of aromatic nitrogens is 1. The van der Waals surface area contributed by atoms with Gasteiger partial charge >= 0.3 is 0 Å². The van der Waals surface area contributed by atoms with Gasteiger partial charge in [0.1, 0.15) is 5.84 Å². The molecule has 0 radical (unpaired) electrons. The molecule has 0 fully saturated rings. The molecule has 0 saturated carbocycles. The van der Waals surface area contributed by atoms with Gasteiger partial charge in [-0.25, -0.2) is 0 Å². The second kappa shape index (κ2) is 6.86. The summed E-state index contributed by atoms with van der Waals surface area (Å²) in [4.78, 5) is 6.88. The second-order valence-corrected chi connectivity index (χ2v) is 4.71. The smallest absolute Gasteiger partial charge is 0.140 e. The molecule has 0 atom stereocenters. The monoisotopic (exact) mass is 272 g/mol. The lowest BCUT2D eigenvalue weighted by atomic mass is 10.2. The van der Waals surface area contributed by atoms with Crippen molar-refractivity contribution in [2.75, 3.05) is 13.1 Å². The average Bonchev–Trinajstić information content (AvgIpc) is 2.50. The fourth-order valence-corrected chi connectivity index (χ4v) is 2.10. The van der Waals surface area contributed by atoms with E-state index in [0.29, 0.717) is 6.42 Å². The molecule has 5 nitrogen and oxygen atoms in total. The van der Waals surface area contributed by atoms with Crippen LogP contribution < -0.4 is 5.73 Å².